The Morgan fingerprint density at radius 3 is 2.48 bits per heavy atom. The summed E-state index contributed by atoms with van der Waals surface area (Å²) in [5.41, 5.74) is 0.606. The van der Waals surface area contributed by atoms with E-state index in [0.717, 1.165) is 18.8 Å². The van der Waals surface area contributed by atoms with E-state index >= 15 is 0 Å². The van der Waals surface area contributed by atoms with Crippen LogP contribution < -0.4 is 5.32 Å². The molecule has 1 saturated carbocycles. The van der Waals surface area contributed by atoms with E-state index in [1.54, 1.807) is 24.3 Å². The molecule has 21 heavy (non-hydrogen) atoms. The Hall–Kier alpha value is -1.84. The maximum Gasteiger partial charge on any atom is 0.330 e. The highest BCUT2D eigenvalue weighted by Crippen LogP contribution is 2.28. The smallest absolute Gasteiger partial charge is 0.330 e. The van der Waals surface area contributed by atoms with Crippen molar-refractivity contribution >= 4 is 11.9 Å². The van der Waals surface area contributed by atoms with E-state index in [1.165, 1.54) is 25.7 Å². The second-order valence-electron chi connectivity index (χ2n) is 5.79. The zero-order valence-corrected chi connectivity index (χ0v) is 12.3. The van der Waals surface area contributed by atoms with Gasteiger partial charge < -0.3 is 10.4 Å². The summed E-state index contributed by atoms with van der Waals surface area (Å²) in [6, 6.07) is 7.86. The minimum atomic E-state index is -1.02. The fourth-order valence-electron chi connectivity index (χ4n) is 3.02. The molecule has 0 saturated heterocycles. The van der Waals surface area contributed by atoms with Crippen molar-refractivity contribution in [1.29, 1.82) is 0 Å². The van der Waals surface area contributed by atoms with E-state index < -0.39 is 12.0 Å². The largest absolute Gasteiger partial charge is 0.479 e. The second kappa shape index (κ2) is 7.81. The van der Waals surface area contributed by atoms with Gasteiger partial charge in [-0.2, -0.15) is 0 Å². The molecule has 0 heterocycles. The highest BCUT2D eigenvalue weighted by Gasteiger charge is 2.22. The predicted molar refractivity (Wildman–Crippen MR) is 80.8 cm³/mol. The van der Waals surface area contributed by atoms with Crippen molar-refractivity contribution in [3.8, 4) is 0 Å². The number of carboxylic acids is 1. The molecule has 0 radical (unpaired) electrons. The minimum absolute atomic E-state index is 0.177. The summed E-state index contributed by atoms with van der Waals surface area (Å²) in [6.45, 7) is 0. The molecule has 0 unspecified atom stereocenters. The molecule has 0 bridgehead atoms. The fourth-order valence-corrected chi connectivity index (χ4v) is 3.02. The number of carbonyl (C=O) groups excluding carboxylic acids is 1. The van der Waals surface area contributed by atoms with Crippen molar-refractivity contribution in [1.82, 2.24) is 5.32 Å². The summed E-state index contributed by atoms with van der Waals surface area (Å²) in [4.78, 5) is 23.2. The lowest BCUT2D eigenvalue weighted by atomic mass is 10.0. The molecule has 1 aliphatic carbocycles. The summed E-state index contributed by atoms with van der Waals surface area (Å²) in [6.07, 6.45) is 7.52. The van der Waals surface area contributed by atoms with E-state index in [0.29, 0.717) is 12.0 Å². The Kier molecular flexibility index (Phi) is 5.78. The molecule has 2 N–H and O–H groups in total. The van der Waals surface area contributed by atoms with Gasteiger partial charge in [0.15, 0.2) is 6.04 Å². The number of rotatable bonds is 7. The van der Waals surface area contributed by atoms with Crippen LogP contribution in [0.15, 0.2) is 30.3 Å². The van der Waals surface area contributed by atoms with E-state index in [9.17, 15) is 14.7 Å². The number of carboxylic acid groups (broad SMARTS) is 1. The highest BCUT2D eigenvalue weighted by atomic mass is 16.4. The van der Waals surface area contributed by atoms with Crippen LogP contribution in [-0.4, -0.2) is 17.0 Å². The number of carbonyl (C=O) groups is 2. The van der Waals surface area contributed by atoms with E-state index in [4.69, 9.17) is 0 Å². The number of amides is 1. The molecule has 1 fully saturated rings. The lowest BCUT2D eigenvalue weighted by molar-refractivity contribution is -0.142. The first-order valence-corrected chi connectivity index (χ1v) is 7.74. The van der Waals surface area contributed by atoms with Crippen molar-refractivity contribution in [3.63, 3.8) is 0 Å². The first kappa shape index (κ1) is 15.5. The molecule has 0 aliphatic heterocycles. The van der Waals surface area contributed by atoms with Crippen molar-refractivity contribution in [2.24, 2.45) is 5.92 Å². The summed E-state index contributed by atoms with van der Waals surface area (Å²) in [5, 5.41) is 11.9. The second-order valence-corrected chi connectivity index (χ2v) is 5.79. The summed E-state index contributed by atoms with van der Waals surface area (Å²) in [5.74, 6) is -0.434. The number of benzene rings is 1. The maximum absolute atomic E-state index is 11.9. The molecular formula is C17H23NO3. The van der Waals surface area contributed by atoms with Gasteiger partial charge in [0, 0.05) is 6.42 Å². The lowest BCUT2D eigenvalue weighted by Crippen LogP contribution is -2.33. The standard InChI is InChI=1S/C17H23NO3/c19-15(12-6-9-13-7-4-5-8-13)18-16(17(20)21)14-10-2-1-3-11-14/h1-3,10-11,13,16H,4-9,12H2,(H,18,19)(H,20,21)/t16-/m1/s1. The number of aliphatic carboxylic acids is 1. The molecule has 1 aromatic rings. The van der Waals surface area contributed by atoms with E-state index in [2.05, 4.69) is 5.32 Å². The Morgan fingerprint density at radius 1 is 1.19 bits per heavy atom. The quantitative estimate of drug-likeness (QED) is 0.809. The van der Waals surface area contributed by atoms with Crippen LogP contribution >= 0.6 is 0 Å². The van der Waals surface area contributed by atoms with Crippen LogP contribution in [0.25, 0.3) is 0 Å². The third kappa shape index (κ3) is 4.88. The number of nitrogens with one attached hydrogen (secondary N) is 1. The fraction of sp³-hybridized carbons (Fsp3) is 0.529. The van der Waals surface area contributed by atoms with Crippen LogP contribution in [0.2, 0.25) is 0 Å². The zero-order valence-electron chi connectivity index (χ0n) is 12.3. The number of hydrogen-bond acceptors (Lipinski definition) is 2. The monoisotopic (exact) mass is 289 g/mol. The maximum atomic E-state index is 11.9. The number of hydrogen-bond donors (Lipinski definition) is 2. The van der Waals surface area contributed by atoms with E-state index in [-0.39, 0.29) is 5.91 Å². The first-order valence-electron chi connectivity index (χ1n) is 7.74. The highest BCUT2D eigenvalue weighted by molar-refractivity contribution is 5.84. The SMILES string of the molecule is O=C(CCCC1CCCC1)N[C@@H](C(=O)O)c1ccccc1. The minimum Gasteiger partial charge on any atom is -0.479 e. The van der Waals surface area contributed by atoms with Crippen LogP contribution in [0.1, 0.15) is 56.6 Å². The summed E-state index contributed by atoms with van der Waals surface area (Å²) in [7, 11) is 0. The van der Waals surface area contributed by atoms with Crippen LogP contribution in [0.3, 0.4) is 0 Å². The molecule has 114 valence electrons. The van der Waals surface area contributed by atoms with Gasteiger partial charge in [-0.3, -0.25) is 4.79 Å². The van der Waals surface area contributed by atoms with Gasteiger partial charge in [-0.05, 0) is 24.3 Å². The van der Waals surface area contributed by atoms with Crippen molar-refractivity contribution < 1.29 is 14.7 Å². The van der Waals surface area contributed by atoms with Gasteiger partial charge >= 0.3 is 5.97 Å². The Morgan fingerprint density at radius 2 is 1.86 bits per heavy atom. The van der Waals surface area contributed by atoms with Crippen molar-refractivity contribution in [2.45, 2.75) is 51.0 Å². The molecule has 4 heteroatoms. The van der Waals surface area contributed by atoms with Crippen LogP contribution in [0, 0.1) is 5.92 Å². The Balaban J connectivity index is 1.80. The van der Waals surface area contributed by atoms with Gasteiger partial charge in [-0.25, -0.2) is 4.79 Å². The molecule has 1 amide bonds. The third-order valence-electron chi connectivity index (χ3n) is 4.18. The van der Waals surface area contributed by atoms with Gasteiger partial charge in [0.1, 0.15) is 0 Å². The van der Waals surface area contributed by atoms with Gasteiger partial charge in [-0.15, -0.1) is 0 Å². The molecule has 2 rings (SSSR count). The lowest BCUT2D eigenvalue weighted by Gasteiger charge is -2.15. The average molecular weight is 289 g/mol. The van der Waals surface area contributed by atoms with Gasteiger partial charge in [-0.1, -0.05) is 56.0 Å². The Bertz CT molecular complexity index is 466. The zero-order chi connectivity index (χ0) is 15.1. The molecule has 0 spiro atoms. The van der Waals surface area contributed by atoms with Gasteiger partial charge in [0.25, 0.3) is 0 Å². The summed E-state index contributed by atoms with van der Waals surface area (Å²) < 4.78 is 0. The summed E-state index contributed by atoms with van der Waals surface area (Å²) >= 11 is 0. The van der Waals surface area contributed by atoms with Crippen LogP contribution in [0.5, 0.6) is 0 Å². The average Bonchev–Trinajstić information content (AvgIpc) is 2.98. The normalized spacial score (nSPS) is 16.6. The van der Waals surface area contributed by atoms with Gasteiger partial charge in [0.2, 0.25) is 5.91 Å². The molecule has 1 aromatic carbocycles. The van der Waals surface area contributed by atoms with E-state index in [1.807, 2.05) is 6.07 Å². The van der Waals surface area contributed by atoms with Crippen molar-refractivity contribution in [2.75, 3.05) is 0 Å². The molecule has 1 atom stereocenters. The molecule has 1 aliphatic rings. The van der Waals surface area contributed by atoms with Gasteiger partial charge in [0.05, 0.1) is 0 Å². The molecule has 0 aromatic heterocycles. The predicted octanol–water partition coefficient (Wildman–Crippen LogP) is 3.29. The van der Waals surface area contributed by atoms with Crippen molar-refractivity contribution in [3.05, 3.63) is 35.9 Å². The van der Waals surface area contributed by atoms with Crippen LogP contribution in [0.4, 0.5) is 0 Å². The van der Waals surface area contributed by atoms with Crippen LogP contribution in [-0.2, 0) is 9.59 Å². The topological polar surface area (TPSA) is 66.4 Å². The molecule has 4 nitrogen and oxygen atoms in total. The molecular weight excluding hydrogens is 266 g/mol. The Labute approximate surface area is 125 Å². The first-order chi connectivity index (χ1) is 10.2. The third-order valence-corrected chi connectivity index (χ3v) is 4.18.